The second kappa shape index (κ2) is 5.74. The fraction of sp³-hybridized carbons (Fsp3) is 0.533. The highest BCUT2D eigenvalue weighted by molar-refractivity contribution is 5.66. The molecule has 2 aliphatic rings. The predicted molar refractivity (Wildman–Crippen MR) is 81.9 cm³/mol. The van der Waals surface area contributed by atoms with Crippen LogP contribution in [0.1, 0.15) is 26.5 Å². The minimum absolute atomic E-state index is 0.321. The van der Waals surface area contributed by atoms with Crippen LogP contribution in [0.5, 0.6) is 0 Å². The van der Waals surface area contributed by atoms with Gasteiger partial charge in [-0.2, -0.15) is 10.1 Å². The standard InChI is InChI=1S/C15H17N5O5/c1-3-15-6-23-11(12(15)24-9(2)21)13(25-15)19-5-4-10(18-14(19)22)20-8-16-7-17-20/h4-5,7-8,11-13H,3,6H2,1-2H3/t11-,12+,13-,15+/m1/s1. The lowest BCUT2D eigenvalue weighted by Crippen LogP contribution is -2.42. The summed E-state index contributed by atoms with van der Waals surface area (Å²) in [5.74, 6) is -0.0563. The molecule has 2 fully saturated rings. The van der Waals surface area contributed by atoms with Gasteiger partial charge in [0.05, 0.1) is 6.61 Å². The number of hydrogen-bond acceptors (Lipinski definition) is 8. The lowest BCUT2D eigenvalue weighted by Gasteiger charge is -2.30. The predicted octanol–water partition coefficient (Wildman–Crippen LogP) is -0.168. The maximum Gasteiger partial charge on any atom is 0.351 e. The fourth-order valence-electron chi connectivity index (χ4n) is 3.35. The van der Waals surface area contributed by atoms with Crippen LogP contribution in [-0.2, 0) is 19.0 Å². The number of carbonyl (C=O) groups excluding carboxylic acids is 1. The molecule has 0 aromatic carbocycles. The fourth-order valence-corrected chi connectivity index (χ4v) is 3.35. The molecular formula is C15H17N5O5. The molecule has 2 aliphatic heterocycles. The lowest BCUT2D eigenvalue weighted by atomic mass is 9.96. The molecule has 0 spiro atoms. The van der Waals surface area contributed by atoms with Crippen molar-refractivity contribution in [2.75, 3.05) is 6.61 Å². The summed E-state index contributed by atoms with van der Waals surface area (Å²) in [4.78, 5) is 31.7. The van der Waals surface area contributed by atoms with Crippen molar-refractivity contribution < 1.29 is 19.0 Å². The third kappa shape index (κ3) is 2.45. The van der Waals surface area contributed by atoms with Crippen molar-refractivity contribution in [1.82, 2.24) is 24.3 Å². The lowest BCUT2D eigenvalue weighted by molar-refractivity contribution is -0.178. The van der Waals surface area contributed by atoms with Gasteiger partial charge in [-0.05, 0) is 12.5 Å². The third-order valence-electron chi connectivity index (χ3n) is 4.61. The molecule has 4 rings (SSSR count). The van der Waals surface area contributed by atoms with Crippen LogP contribution in [-0.4, -0.2) is 54.7 Å². The SMILES string of the molecule is CC[C@@]12CO[C@@H]([C@H](n3ccc(-n4cncn4)nc3=O)O1)[C@@H]2OC(C)=O. The smallest absolute Gasteiger partial charge is 0.351 e. The van der Waals surface area contributed by atoms with Crippen LogP contribution < -0.4 is 5.69 Å². The maximum atomic E-state index is 12.5. The molecule has 132 valence electrons. The van der Waals surface area contributed by atoms with Crippen molar-refractivity contribution in [2.24, 2.45) is 0 Å². The Hall–Kier alpha value is -2.59. The zero-order chi connectivity index (χ0) is 17.6. The van der Waals surface area contributed by atoms with Gasteiger partial charge in [0.15, 0.2) is 18.1 Å². The van der Waals surface area contributed by atoms with Gasteiger partial charge in [-0.1, -0.05) is 6.92 Å². The van der Waals surface area contributed by atoms with Crippen molar-refractivity contribution in [2.45, 2.75) is 44.3 Å². The molecule has 0 aliphatic carbocycles. The summed E-state index contributed by atoms with van der Waals surface area (Å²) in [5, 5.41) is 3.94. The van der Waals surface area contributed by atoms with E-state index in [0.717, 1.165) is 0 Å². The van der Waals surface area contributed by atoms with E-state index in [4.69, 9.17) is 14.2 Å². The first-order valence-corrected chi connectivity index (χ1v) is 7.95. The molecule has 10 heteroatoms. The van der Waals surface area contributed by atoms with E-state index in [-0.39, 0.29) is 0 Å². The number of fused-ring (bicyclic) bond motifs is 2. The van der Waals surface area contributed by atoms with Crippen molar-refractivity contribution in [3.8, 4) is 5.82 Å². The molecule has 0 saturated carbocycles. The Morgan fingerprint density at radius 2 is 2.36 bits per heavy atom. The summed E-state index contributed by atoms with van der Waals surface area (Å²) < 4.78 is 20.0. The van der Waals surface area contributed by atoms with Crippen LogP contribution in [0.2, 0.25) is 0 Å². The minimum atomic E-state index is -0.745. The molecule has 10 nitrogen and oxygen atoms in total. The Balaban J connectivity index is 1.67. The van der Waals surface area contributed by atoms with Crippen LogP contribution in [0.15, 0.2) is 29.7 Å². The third-order valence-corrected chi connectivity index (χ3v) is 4.61. The Morgan fingerprint density at radius 3 is 3.00 bits per heavy atom. The summed E-state index contributed by atoms with van der Waals surface area (Å²) in [6.45, 7) is 3.60. The molecule has 2 bridgehead atoms. The molecular weight excluding hydrogens is 330 g/mol. The first kappa shape index (κ1) is 15.9. The van der Waals surface area contributed by atoms with E-state index >= 15 is 0 Å². The van der Waals surface area contributed by atoms with Crippen molar-refractivity contribution >= 4 is 5.97 Å². The van der Waals surface area contributed by atoms with Gasteiger partial charge in [-0.3, -0.25) is 9.36 Å². The van der Waals surface area contributed by atoms with E-state index < -0.39 is 35.7 Å². The van der Waals surface area contributed by atoms with Gasteiger partial charge in [0.25, 0.3) is 0 Å². The molecule has 0 N–H and O–H groups in total. The summed E-state index contributed by atoms with van der Waals surface area (Å²) >= 11 is 0. The highest BCUT2D eigenvalue weighted by atomic mass is 16.7. The zero-order valence-electron chi connectivity index (χ0n) is 13.7. The Kier molecular flexibility index (Phi) is 3.65. The van der Waals surface area contributed by atoms with E-state index in [1.165, 1.54) is 28.8 Å². The van der Waals surface area contributed by atoms with Gasteiger partial charge in [-0.25, -0.2) is 14.5 Å². The molecule has 25 heavy (non-hydrogen) atoms. The van der Waals surface area contributed by atoms with Gasteiger partial charge >= 0.3 is 11.7 Å². The number of aromatic nitrogens is 5. The largest absolute Gasteiger partial charge is 0.456 e. The molecule has 4 heterocycles. The number of ether oxygens (including phenoxy) is 3. The average molecular weight is 347 g/mol. The summed E-state index contributed by atoms with van der Waals surface area (Å²) in [5.41, 5.74) is -1.26. The zero-order valence-corrected chi connectivity index (χ0v) is 13.7. The summed E-state index contributed by atoms with van der Waals surface area (Å²) in [6, 6.07) is 1.63. The van der Waals surface area contributed by atoms with Gasteiger partial charge in [0, 0.05) is 13.1 Å². The Morgan fingerprint density at radius 1 is 1.52 bits per heavy atom. The normalized spacial score (nSPS) is 30.6. The van der Waals surface area contributed by atoms with E-state index in [2.05, 4.69) is 15.1 Å². The molecule has 0 unspecified atom stereocenters. The van der Waals surface area contributed by atoms with Crippen molar-refractivity contribution in [1.29, 1.82) is 0 Å². The Bertz CT molecular complexity index is 850. The van der Waals surface area contributed by atoms with Crippen molar-refractivity contribution in [3.63, 3.8) is 0 Å². The molecule has 2 saturated heterocycles. The van der Waals surface area contributed by atoms with Crippen LogP contribution in [0.25, 0.3) is 5.82 Å². The molecule has 0 amide bonds. The van der Waals surface area contributed by atoms with Gasteiger partial charge in [-0.15, -0.1) is 0 Å². The molecule has 2 aromatic heterocycles. The second-order valence-corrected chi connectivity index (χ2v) is 6.05. The molecule has 0 radical (unpaired) electrons. The second-order valence-electron chi connectivity index (χ2n) is 6.05. The minimum Gasteiger partial charge on any atom is -0.456 e. The highest BCUT2D eigenvalue weighted by Crippen LogP contribution is 2.47. The first-order chi connectivity index (χ1) is 12.0. The summed E-state index contributed by atoms with van der Waals surface area (Å²) in [7, 11) is 0. The molecule has 2 aromatic rings. The van der Waals surface area contributed by atoms with E-state index in [1.807, 2.05) is 6.92 Å². The quantitative estimate of drug-likeness (QED) is 0.701. The van der Waals surface area contributed by atoms with Gasteiger partial charge < -0.3 is 14.2 Å². The van der Waals surface area contributed by atoms with Crippen LogP contribution >= 0.6 is 0 Å². The number of hydrogen-bond donors (Lipinski definition) is 0. The first-order valence-electron chi connectivity index (χ1n) is 7.95. The maximum absolute atomic E-state index is 12.5. The highest BCUT2D eigenvalue weighted by Gasteiger charge is 2.63. The number of nitrogens with zero attached hydrogens (tertiary/aromatic N) is 5. The van der Waals surface area contributed by atoms with Crippen LogP contribution in [0.4, 0.5) is 0 Å². The molecule has 4 atom stereocenters. The van der Waals surface area contributed by atoms with E-state index in [9.17, 15) is 9.59 Å². The average Bonchev–Trinajstić information content (AvgIpc) is 3.30. The van der Waals surface area contributed by atoms with Crippen molar-refractivity contribution in [3.05, 3.63) is 35.4 Å². The van der Waals surface area contributed by atoms with Crippen LogP contribution in [0.3, 0.4) is 0 Å². The monoisotopic (exact) mass is 347 g/mol. The van der Waals surface area contributed by atoms with Crippen LogP contribution in [0, 0.1) is 0 Å². The van der Waals surface area contributed by atoms with E-state index in [1.54, 1.807) is 12.3 Å². The topological polar surface area (TPSA) is 110 Å². The van der Waals surface area contributed by atoms with Gasteiger partial charge in [0.2, 0.25) is 0 Å². The number of esters is 1. The van der Waals surface area contributed by atoms with E-state index in [0.29, 0.717) is 18.8 Å². The Labute approximate surface area is 142 Å². The van der Waals surface area contributed by atoms with Gasteiger partial charge in [0.1, 0.15) is 24.4 Å². The number of carbonyl (C=O) groups is 1. The summed E-state index contributed by atoms with van der Waals surface area (Å²) in [6.07, 6.45) is 3.15. The number of rotatable bonds is 4.